The predicted molar refractivity (Wildman–Crippen MR) is 131 cm³/mol. The van der Waals surface area contributed by atoms with Crippen LogP contribution in [0.1, 0.15) is 23.6 Å². The number of nitrogens with one attached hydrogen (secondary N) is 1. The molecule has 0 spiro atoms. The fourth-order valence-electron chi connectivity index (χ4n) is 5.09. The molecule has 4 atom stereocenters. The van der Waals surface area contributed by atoms with E-state index in [0.29, 0.717) is 17.1 Å². The normalized spacial score (nSPS) is 26.3. The molecule has 2 aromatic carbocycles. The number of benzene rings is 2. The molecule has 2 aromatic rings. The summed E-state index contributed by atoms with van der Waals surface area (Å²) in [5.41, 5.74) is 0.0921. The number of imide groups is 1. The zero-order valence-electron chi connectivity index (χ0n) is 19.1. The minimum Gasteiger partial charge on any atom is -0.496 e. The molecule has 0 aromatic heterocycles. The molecule has 2 saturated heterocycles. The van der Waals surface area contributed by atoms with Crippen molar-refractivity contribution in [3.05, 3.63) is 71.8 Å². The first-order valence-electron chi connectivity index (χ1n) is 11.1. The van der Waals surface area contributed by atoms with Gasteiger partial charge in [-0.3, -0.25) is 24.6 Å². The first kappa shape index (κ1) is 24.0. The topological polar surface area (TPSA) is 95.9 Å². The van der Waals surface area contributed by atoms with Gasteiger partial charge in [0.2, 0.25) is 11.8 Å². The zero-order chi connectivity index (χ0) is 24.3. The molecule has 2 aliphatic rings. The lowest BCUT2D eigenvalue weighted by molar-refractivity contribution is -0.151. The van der Waals surface area contributed by atoms with Crippen LogP contribution in [0.3, 0.4) is 0 Å². The fraction of sp³-hybridized carbons (Fsp3) is 0.346. The Morgan fingerprint density at radius 1 is 1.15 bits per heavy atom. The SMILES string of the molecule is COc1ccccc1C1NC(CCSC)(C(=O)O)C2C(=O)N(C/C=C/c3ccccc3)C(=O)C12. The number of nitrogens with zero attached hydrogens (tertiary/aromatic N) is 1. The molecule has 8 heteroatoms. The Hall–Kier alpha value is -3.10. The summed E-state index contributed by atoms with van der Waals surface area (Å²) in [5, 5.41) is 13.6. The molecular formula is C26H28N2O5S. The van der Waals surface area contributed by atoms with E-state index < -0.39 is 35.3 Å². The molecule has 0 bridgehead atoms. The second-order valence-corrected chi connectivity index (χ2v) is 9.47. The number of fused-ring (bicyclic) bond motifs is 1. The largest absolute Gasteiger partial charge is 0.496 e. The highest BCUT2D eigenvalue weighted by atomic mass is 32.2. The van der Waals surface area contributed by atoms with Crippen LogP contribution in [-0.2, 0) is 14.4 Å². The minimum absolute atomic E-state index is 0.0937. The Labute approximate surface area is 203 Å². The second-order valence-electron chi connectivity index (χ2n) is 8.49. The van der Waals surface area contributed by atoms with Crippen LogP contribution in [0.5, 0.6) is 5.75 Å². The summed E-state index contributed by atoms with van der Waals surface area (Å²) in [5.74, 6) is -2.65. The van der Waals surface area contributed by atoms with E-state index >= 15 is 0 Å². The Balaban J connectivity index is 1.72. The lowest BCUT2D eigenvalue weighted by atomic mass is 9.78. The van der Waals surface area contributed by atoms with Crippen LogP contribution in [0.25, 0.3) is 6.08 Å². The van der Waals surface area contributed by atoms with Crippen LogP contribution in [0.4, 0.5) is 0 Å². The van der Waals surface area contributed by atoms with Crippen LogP contribution < -0.4 is 10.1 Å². The maximum absolute atomic E-state index is 13.6. The van der Waals surface area contributed by atoms with E-state index in [0.717, 1.165) is 5.56 Å². The van der Waals surface area contributed by atoms with Gasteiger partial charge < -0.3 is 9.84 Å². The minimum atomic E-state index is -1.54. The van der Waals surface area contributed by atoms with Crippen LogP contribution in [0, 0.1) is 11.8 Å². The highest BCUT2D eigenvalue weighted by Crippen LogP contribution is 2.51. The molecule has 2 amide bonds. The van der Waals surface area contributed by atoms with E-state index in [1.165, 1.54) is 23.8 Å². The Bertz CT molecular complexity index is 1110. The van der Waals surface area contributed by atoms with Gasteiger partial charge in [-0.1, -0.05) is 60.7 Å². The first-order valence-corrected chi connectivity index (χ1v) is 12.5. The van der Waals surface area contributed by atoms with Crippen molar-refractivity contribution in [2.75, 3.05) is 25.7 Å². The van der Waals surface area contributed by atoms with Gasteiger partial charge >= 0.3 is 5.97 Å². The zero-order valence-corrected chi connectivity index (χ0v) is 20.0. The quantitative estimate of drug-likeness (QED) is 0.532. The molecule has 0 radical (unpaired) electrons. The third-order valence-electron chi connectivity index (χ3n) is 6.70. The number of ether oxygens (including phenoxy) is 1. The number of hydrogen-bond acceptors (Lipinski definition) is 6. The number of carbonyl (C=O) groups excluding carboxylic acids is 2. The van der Waals surface area contributed by atoms with Crippen molar-refractivity contribution >= 4 is 35.6 Å². The molecule has 7 nitrogen and oxygen atoms in total. The summed E-state index contributed by atoms with van der Waals surface area (Å²) < 4.78 is 5.51. The van der Waals surface area contributed by atoms with Gasteiger partial charge in [0, 0.05) is 18.2 Å². The van der Waals surface area contributed by atoms with Crippen molar-refractivity contribution in [2.24, 2.45) is 11.8 Å². The first-order chi connectivity index (χ1) is 16.4. The molecule has 4 unspecified atom stereocenters. The van der Waals surface area contributed by atoms with E-state index in [9.17, 15) is 19.5 Å². The van der Waals surface area contributed by atoms with Gasteiger partial charge in [-0.25, -0.2) is 0 Å². The standard InChI is InChI=1S/C26H28N2O5S/c1-33-19-13-7-6-12-18(19)22-20-21(26(27-22,25(31)32)14-16-34-2)24(30)28(23(20)29)15-8-11-17-9-4-3-5-10-17/h3-13,20-22,27H,14-16H2,1-2H3,(H,31,32)/b11-8+. The molecule has 2 fully saturated rings. The summed E-state index contributed by atoms with van der Waals surface area (Å²) in [6.07, 6.45) is 5.73. The lowest BCUT2D eigenvalue weighted by Gasteiger charge is -2.31. The molecule has 2 aliphatic heterocycles. The lowest BCUT2D eigenvalue weighted by Crippen LogP contribution is -2.56. The van der Waals surface area contributed by atoms with Gasteiger partial charge in [-0.15, -0.1) is 0 Å². The Kier molecular flexibility index (Phi) is 7.09. The van der Waals surface area contributed by atoms with Gasteiger partial charge in [0.15, 0.2) is 0 Å². The van der Waals surface area contributed by atoms with Gasteiger partial charge in [0.05, 0.1) is 18.9 Å². The number of carbonyl (C=O) groups is 3. The maximum Gasteiger partial charge on any atom is 0.324 e. The van der Waals surface area contributed by atoms with Crippen molar-refractivity contribution in [3.63, 3.8) is 0 Å². The molecule has 0 saturated carbocycles. The van der Waals surface area contributed by atoms with Crippen molar-refractivity contribution in [3.8, 4) is 5.75 Å². The summed E-state index contributed by atoms with van der Waals surface area (Å²) in [7, 11) is 1.53. The molecule has 178 valence electrons. The third-order valence-corrected chi connectivity index (χ3v) is 7.31. The van der Waals surface area contributed by atoms with Gasteiger partial charge in [0.25, 0.3) is 0 Å². The van der Waals surface area contributed by atoms with E-state index in [1.54, 1.807) is 12.1 Å². The molecule has 2 heterocycles. The van der Waals surface area contributed by atoms with Crippen molar-refractivity contribution in [2.45, 2.75) is 18.0 Å². The van der Waals surface area contributed by atoms with Crippen molar-refractivity contribution < 1.29 is 24.2 Å². The summed E-state index contributed by atoms with van der Waals surface area (Å²) in [4.78, 5) is 41.0. The van der Waals surface area contributed by atoms with Crippen molar-refractivity contribution in [1.82, 2.24) is 10.2 Å². The van der Waals surface area contributed by atoms with Crippen molar-refractivity contribution in [1.29, 1.82) is 0 Å². The maximum atomic E-state index is 13.6. The number of thioether (sulfide) groups is 1. The van der Waals surface area contributed by atoms with Gasteiger partial charge in [-0.05, 0) is 30.1 Å². The number of para-hydroxylation sites is 1. The monoisotopic (exact) mass is 480 g/mol. The van der Waals surface area contributed by atoms with Crippen LogP contribution in [-0.4, -0.2) is 59.0 Å². The average molecular weight is 481 g/mol. The third kappa shape index (κ3) is 4.12. The Morgan fingerprint density at radius 2 is 1.85 bits per heavy atom. The van der Waals surface area contributed by atoms with Crippen LogP contribution in [0.15, 0.2) is 60.7 Å². The molecule has 0 aliphatic carbocycles. The number of methoxy groups -OCH3 is 1. The van der Waals surface area contributed by atoms with Crippen LogP contribution in [0.2, 0.25) is 0 Å². The number of hydrogen-bond donors (Lipinski definition) is 2. The highest BCUT2D eigenvalue weighted by molar-refractivity contribution is 7.98. The highest BCUT2D eigenvalue weighted by Gasteiger charge is 2.68. The van der Waals surface area contributed by atoms with E-state index in [2.05, 4.69) is 5.32 Å². The van der Waals surface area contributed by atoms with E-state index in [4.69, 9.17) is 4.74 Å². The number of carboxylic acids is 1. The molecule has 2 N–H and O–H groups in total. The fourth-order valence-corrected chi connectivity index (χ4v) is 5.61. The number of carboxylic acid groups (broad SMARTS) is 1. The van der Waals surface area contributed by atoms with Gasteiger partial charge in [0.1, 0.15) is 11.3 Å². The Morgan fingerprint density at radius 3 is 2.53 bits per heavy atom. The summed E-state index contributed by atoms with van der Waals surface area (Å²) in [6, 6.07) is 16.2. The molecular weight excluding hydrogens is 452 g/mol. The summed E-state index contributed by atoms with van der Waals surface area (Å²) in [6.45, 7) is 0.0937. The smallest absolute Gasteiger partial charge is 0.324 e. The van der Waals surface area contributed by atoms with E-state index in [1.807, 2.05) is 60.9 Å². The summed E-state index contributed by atoms with van der Waals surface area (Å²) >= 11 is 1.51. The second kappa shape index (κ2) is 10.0. The van der Waals surface area contributed by atoms with Crippen LogP contribution >= 0.6 is 11.8 Å². The number of rotatable bonds is 9. The number of amides is 2. The predicted octanol–water partition coefficient (Wildman–Crippen LogP) is 3.23. The van der Waals surface area contributed by atoms with E-state index in [-0.39, 0.29) is 18.9 Å². The molecule has 4 rings (SSSR count). The molecule has 34 heavy (non-hydrogen) atoms. The van der Waals surface area contributed by atoms with Gasteiger partial charge in [-0.2, -0.15) is 11.8 Å². The number of aliphatic carboxylic acids is 1. The number of likely N-dealkylation sites (tertiary alicyclic amines) is 1. The average Bonchev–Trinajstić information content (AvgIpc) is 3.33.